The minimum absolute atomic E-state index is 0.110. The van der Waals surface area contributed by atoms with Crippen molar-refractivity contribution < 1.29 is 19.2 Å². The molecule has 7 heteroatoms. The van der Waals surface area contributed by atoms with Gasteiger partial charge in [0.05, 0.1) is 22.8 Å². The Labute approximate surface area is 158 Å². The van der Waals surface area contributed by atoms with Gasteiger partial charge in [0.25, 0.3) is 5.69 Å². The first kappa shape index (κ1) is 22.2. The fourth-order valence-electron chi connectivity index (χ4n) is 2.43. The zero-order chi connectivity index (χ0) is 19.5. The first-order chi connectivity index (χ1) is 12.4. The number of unbranched alkanes of at least 4 members (excludes halogenated alkanes) is 1. The number of thioether (sulfide) groups is 1. The van der Waals surface area contributed by atoms with Crippen molar-refractivity contribution in [1.82, 2.24) is 0 Å². The molecule has 0 saturated carbocycles. The second kappa shape index (κ2) is 11.7. The van der Waals surface area contributed by atoms with Crippen molar-refractivity contribution in [2.45, 2.75) is 57.8 Å². The Morgan fingerprint density at radius 1 is 1.31 bits per heavy atom. The molecule has 0 fully saturated rings. The summed E-state index contributed by atoms with van der Waals surface area (Å²) in [5.74, 6) is 0.286. The number of carbonyl (C=O) groups is 2. The van der Waals surface area contributed by atoms with Crippen molar-refractivity contribution in [3.05, 3.63) is 33.9 Å². The van der Waals surface area contributed by atoms with Gasteiger partial charge in [0.1, 0.15) is 0 Å². The van der Waals surface area contributed by atoms with Gasteiger partial charge >= 0.3 is 5.97 Å². The summed E-state index contributed by atoms with van der Waals surface area (Å²) in [6, 6.07) is 4.40. The van der Waals surface area contributed by atoms with Gasteiger partial charge in [0.15, 0.2) is 5.78 Å². The summed E-state index contributed by atoms with van der Waals surface area (Å²) in [7, 11) is 0. The first-order valence-corrected chi connectivity index (χ1v) is 9.95. The SMILES string of the molecule is CCCCC(CC)COC(=O)CCSc1ccc(C(C)=O)cc1[N+](=O)[O-]. The third-order valence-corrected chi connectivity index (χ3v) is 5.21. The fourth-order valence-corrected chi connectivity index (χ4v) is 3.36. The Morgan fingerprint density at radius 2 is 2.04 bits per heavy atom. The third-order valence-electron chi connectivity index (χ3n) is 4.15. The zero-order valence-corrected chi connectivity index (χ0v) is 16.5. The second-order valence-electron chi connectivity index (χ2n) is 6.19. The minimum atomic E-state index is -0.507. The molecular formula is C19H27NO5S. The number of nitro benzene ring substituents is 1. The maximum Gasteiger partial charge on any atom is 0.306 e. The topological polar surface area (TPSA) is 86.5 Å². The van der Waals surface area contributed by atoms with E-state index in [9.17, 15) is 19.7 Å². The number of ketones is 1. The Kier molecular flexibility index (Phi) is 9.95. The summed E-state index contributed by atoms with van der Waals surface area (Å²) in [6.07, 6.45) is 4.50. The van der Waals surface area contributed by atoms with E-state index in [1.54, 1.807) is 12.1 Å². The van der Waals surface area contributed by atoms with Crippen LogP contribution in [0.3, 0.4) is 0 Å². The van der Waals surface area contributed by atoms with Crippen molar-refractivity contribution in [2.75, 3.05) is 12.4 Å². The Balaban J connectivity index is 2.50. The van der Waals surface area contributed by atoms with E-state index >= 15 is 0 Å². The molecule has 0 heterocycles. The van der Waals surface area contributed by atoms with Crippen LogP contribution < -0.4 is 0 Å². The van der Waals surface area contributed by atoms with Gasteiger partial charge < -0.3 is 4.74 Å². The van der Waals surface area contributed by atoms with Crippen molar-refractivity contribution in [3.63, 3.8) is 0 Å². The molecule has 1 unspecified atom stereocenters. The second-order valence-corrected chi connectivity index (χ2v) is 7.33. The molecule has 1 aromatic carbocycles. The van der Waals surface area contributed by atoms with Crippen molar-refractivity contribution >= 4 is 29.2 Å². The lowest BCUT2D eigenvalue weighted by Gasteiger charge is -2.14. The Hall–Kier alpha value is -1.89. The van der Waals surface area contributed by atoms with Crippen LogP contribution in [0.5, 0.6) is 0 Å². The number of benzene rings is 1. The molecule has 0 aliphatic carbocycles. The largest absolute Gasteiger partial charge is 0.465 e. The molecule has 0 aromatic heterocycles. The van der Waals surface area contributed by atoms with E-state index in [2.05, 4.69) is 13.8 Å². The highest BCUT2D eigenvalue weighted by Crippen LogP contribution is 2.30. The van der Waals surface area contributed by atoms with E-state index in [-0.39, 0.29) is 23.9 Å². The average molecular weight is 381 g/mol. The maximum absolute atomic E-state index is 11.9. The van der Waals surface area contributed by atoms with Crippen LogP contribution in [-0.2, 0) is 9.53 Å². The van der Waals surface area contributed by atoms with Crippen molar-refractivity contribution in [2.24, 2.45) is 5.92 Å². The monoisotopic (exact) mass is 381 g/mol. The number of hydrogen-bond acceptors (Lipinski definition) is 6. The molecule has 0 aliphatic heterocycles. The number of carbonyl (C=O) groups excluding carboxylic acids is 2. The molecule has 0 saturated heterocycles. The number of nitro groups is 1. The van der Waals surface area contributed by atoms with E-state index in [0.29, 0.717) is 28.7 Å². The molecule has 0 radical (unpaired) electrons. The van der Waals surface area contributed by atoms with Crippen LogP contribution in [0.15, 0.2) is 23.1 Å². The highest BCUT2D eigenvalue weighted by molar-refractivity contribution is 7.99. The lowest BCUT2D eigenvalue weighted by Crippen LogP contribution is -2.14. The van der Waals surface area contributed by atoms with Crippen LogP contribution in [0.2, 0.25) is 0 Å². The molecule has 1 rings (SSSR count). The molecule has 0 aliphatic rings. The average Bonchev–Trinajstić information content (AvgIpc) is 2.61. The number of Topliss-reactive ketones (excluding diaryl/α,β-unsaturated/α-hetero) is 1. The zero-order valence-electron chi connectivity index (χ0n) is 15.7. The quantitative estimate of drug-likeness (QED) is 0.166. The number of rotatable bonds is 12. The lowest BCUT2D eigenvalue weighted by molar-refractivity contribution is -0.387. The lowest BCUT2D eigenvalue weighted by atomic mass is 10.0. The summed E-state index contributed by atoms with van der Waals surface area (Å²) >= 11 is 1.22. The van der Waals surface area contributed by atoms with Gasteiger partial charge in [0, 0.05) is 17.4 Å². The van der Waals surface area contributed by atoms with Crippen molar-refractivity contribution in [3.8, 4) is 0 Å². The predicted octanol–water partition coefficient (Wildman–Crippen LogP) is 5.04. The Bertz CT molecular complexity index is 632. The molecule has 0 bridgehead atoms. The van der Waals surface area contributed by atoms with Crippen LogP contribution in [0.1, 0.15) is 63.2 Å². The van der Waals surface area contributed by atoms with Crippen molar-refractivity contribution in [1.29, 1.82) is 0 Å². The molecule has 0 spiro atoms. The molecule has 26 heavy (non-hydrogen) atoms. The summed E-state index contributed by atoms with van der Waals surface area (Å²) in [5, 5.41) is 11.2. The highest BCUT2D eigenvalue weighted by atomic mass is 32.2. The standard InChI is InChI=1S/C19H27NO5S/c1-4-6-7-15(5-2)13-25-19(22)10-11-26-18-9-8-16(14(3)21)12-17(18)20(23)24/h8-9,12,15H,4-7,10-11,13H2,1-3H3. The Morgan fingerprint density at radius 3 is 2.62 bits per heavy atom. The molecule has 0 N–H and O–H groups in total. The molecule has 1 aromatic rings. The molecule has 0 amide bonds. The molecule has 1 atom stereocenters. The molecule has 6 nitrogen and oxygen atoms in total. The molecular weight excluding hydrogens is 354 g/mol. The maximum atomic E-state index is 11.9. The minimum Gasteiger partial charge on any atom is -0.465 e. The highest BCUT2D eigenvalue weighted by Gasteiger charge is 2.17. The molecule has 144 valence electrons. The van der Waals surface area contributed by atoms with Gasteiger partial charge in [-0.1, -0.05) is 33.1 Å². The smallest absolute Gasteiger partial charge is 0.306 e. The van der Waals surface area contributed by atoms with Crippen LogP contribution in [0.4, 0.5) is 5.69 Å². The van der Waals surface area contributed by atoms with Crippen LogP contribution in [0.25, 0.3) is 0 Å². The van der Waals surface area contributed by atoms with E-state index < -0.39 is 4.92 Å². The summed E-state index contributed by atoms with van der Waals surface area (Å²) in [4.78, 5) is 34.4. The van der Waals surface area contributed by atoms with Gasteiger partial charge in [-0.3, -0.25) is 19.7 Å². The van der Waals surface area contributed by atoms with Gasteiger partial charge in [-0.15, -0.1) is 11.8 Å². The van der Waals surface area contributed by atoms with E-state index in [0.717, 1.165) is 25.7 Å². The fraction of sp³-hybridized carbons (Fsp3) is 0.579. The number of esters is 1. The summed E-state index contributed by atoms with van der Waals surface area (Å²) in [5.41, 5.74) is 0.194. The van der Waals surface area contributed by atoms with Gasteiger partial charge in [-0.05, 0) is 31.4 Å². The van der Waals surface area contributed by atoms with E-state index in [1.165, 1.54) is 24.8 Å². The van der Waals surface area contributed by atoms with Crippen LogP contribution in [-0.4, -0.2) is 29.0 Å². The normalized spacial score (nSPS) is 11.8. The summed E-state index contributed by atoms with van der Waals surface area (Å²) in [6.45, 7) is 6.03. The predicted molar refractivity (Wildman–Crippen MR) is 103 cm³/mol. The third kappa shape index (κ3) is 7.56. The van der Waals surface area contributed by atoms with Gasteiger partial charge in [-0.2, -0.15) is 0 Å². The van der Waals surface area contributed by atoms with E-state index in [4.69, 9.17) is 4.74 Å². The number of ether oxygens (including phenoxy) is 1. The van der Waals surface area contributed by atoms with Crippen LogP contribution in [0, 0.1) is 16.0 Å². The number of nitrogens with zero attached hydrogens (tertiary/aromatic N) is 1. The van der Waals surface area contributed by atoms with Crippen LogP contribution >= 0.6 is 11.8 Å². The van der Waals surface area contributed by atoms with Gasteiger partial charge in [0.2, 0.25) is 0 Å². The van der Waals surface area contributed by atoms with E-state index in [1.807, 2.05) is 0 Å². The first-order valence-electron chi connectivity index (χ1n) is 8.96. The number of hydrogen-bond donors (Lipinski definition) is 0. The van der Waals surface area contributed by atoms with Gasteiger partial charge in [-0.25, -0.2) is 0 Å². The summed E-state index contributed by atoms with van der Waals surface area (Å²) < 4.78 is 5.33.